The lowest BCUT2D eigenvalue weighted by molar-refractivity contribution is -0.384. The van der Waals surface area contributed by atoms with Crippen molar-refractivity contribution < 1.29 is 10.0 Å². The van der Waals surface area contributed by atoms with Crippen LogP contribution in [-0.2, 0) is 0 Å². The summed E-state index contributed by atoms with van der Waals surface area (Å²) < 4.78 is 0. The summed E-state index contributed by atoms with van der Waals surface area (Å²) in [7, 11) is 0. The van der Waals surface area contributed by atoms with Gasteiger partial charge in [-0.25, -0.2) is 0 Å². The minimum absolute atomic E-state index is 0.120. The van der Waals surface area contributed by atoms with Gasteiger partial charge in [-0.15, -0.1) is 0 Å². The number of rotatable bonds is 3. The van der Waals surface area contributed by atoms with E-state index in [1.165, 1.54) is 12.1 Å². The molecule has 0 radical (unpaired) electrons. The molecule has 1 saturated carbocycles. The molecule has 0 spiro atoms. The zero-order valence-corrected chi connectivity index (χ0v) is 7.59. The zero-order chi connectivity index (χ0) is 10.1. The van der Waals surface area contributed by atoms with Crippen LogP contribution in [0.15, 0.2) is 24.3 Å². The van der Waals surface area contributed by atoms with E-state index in [2.05, 4.69) is 0 Å². The number of non-ortho nitro benzene ring substituents is 1. The monoisotopic (exact) mass is 193 g/mol. The maximum Gasteiger partial charge on any atom is 0.269 e. The van der Waals surface area contributed by atoms with Gasteiger partial charge in [0.1, 0.15) is 0 Å². The number of nitro groups is 1. The van der Waals surface area contributed by atoms with Gasteiger partial charge in [0.25, 0.3) is 5.69 Å². The Labute approximate surface area is 81.3 Å². The van der Waals surface area contributed by atoms with Gasteiger partial charge in [0.05, 0.1) is 4.92 Å². The Kier molecular flexibility index (Phi) is 2.21. The van der Waals surface area contributed by atoms with Crippen LogP contribution in [0.2, 0.25) is 0 Å². The van der Waals surface area contributed by atoms with Crippen molar-refractivity contribution in [3.63, 3.8) is 0 Å². The average molecular weight is 193 g/mol. The van der Waals surface area contributed by atoms with Crippen molar-refractivity contribution in [2.75, 3.05) is 6.61 Å². The smallest absolute Gasteiger partial charge is 0.269 e. The highest BCUT2D eigenvalue weighted by atomic mass is 16.6. The van der Waals surface area contributed by atoms with Crippen LogP contribution >= 0.6 is 0 Å². The molecule has 2 rings (SSSR count). The molecule has 1 fully saturated rings. The molecular formula is C10H11NO3. The number of nitrogens with zero attached hydrogens (tertiary/aromatic N) is 1. The normalized spacial score (nSPS) is 24.6. The van der Waals surface area contributed by atoms with Crippen LogP contribution in [0.1, 0.15) is 17.9 Å². The van der Waals surface area contributed by atoms with E-state index in [9.17, 15) is 10.1 Å². The Bertz CT molecular complexity index is 347. The molecular weight excluding hydrogens is 182 g/mol. The predicted molar refractivity (Wildman–Crippen MR) is 51.0 cm³/mol. The molecule has 4 nitrogen and oxygen atoms in total. The summed E-state index contributed by atoms with van der Waals surface area (Å²) in [6.07, 6.45) is 0.994. The number of hydrogen-bond acceptors (Lipinski definition) is 3. The highest BCUT2D eigenvalue weighted by Gasteiger charge is 2.37. The molecule has 14 heavy (non-hydrogen) atoms. The van der Waals surface area contributed by atoms with Gasteiger partial charge in [-0.3, -0.25) is 10.1 Å². The van der Waals surface area contributed by atoms with Crippen molar-refractivity contribution in [2.24, 2.45) is 5.92 Å². The van der Waals surface area contributed by atoms with Gasteiger partial charge in [-0.1, -0.05) is 12.1 Å². The molecule has 0 aliphatic heterocycles. The standard InChI is InChI=1S/C10H11NO3/c12-6-8-5-10(8)7-1-3-9(4-2-7)11(13)14/h1-4,8,10,12H,5-6H2/t8-,10-/m1/s1. The fourth-order valence-electron chi connectivity index (χ4n) is 1.70. The molecule has 1 aliphatic carbocycles. The molecule has 1 aromatic carbocycles. The first kappa shape index (κ1) is 9.15. The van der Waals surface area contributed by atoms with E-state index in [0.717, 1.165) is 12.0 Å². The Morgan fingerprint density at radius 3 is 2.50 bits per heavy atom. The van der Waals surface area contributed by atoms with E-state index < -0.39 is 4.92 Å². The van der Waals surface area contributed by atoms with E-state index in [4.69, 9.17) is 5.11 Å². The quantitative estimate of drug-likeness (QED) is 0.586. The van der Waals surface area contributed by atoms with Crippen LogP contribution in [0.25, 0.3) is 0 Å². The van der Waals surface area contributed by atoms with Crippen molar-refractivity contribution >= 4 is 5.69 Å². The van der Waals surface area contributed by atoms with Crippen molar-refractivity contribution in [2.45, 2.75) is 12.3 Å². The van der Waals surface area contributed by atoms with Gasteiger partial charge < -0.3 is 5.11 Å². The molecule has 0 heterocycles. The van der Waals surface area contributed by atoms with Gasteiger partial charge in [0, 0.05) is 18.7 Å². The lowest BCUT2D eigenvalue weighted by Gasteiger charge is -1.97. The Morgan fingerprint density at radius 2 is 2.07 bits per heavy atom. The molecule has 1 aliphatic rings. The Hall–Kier alpha value is -1.42. The topological polar surface area (TPSA) is 63.4 Å². The summed E-state index contributed by atoms with van der Waals surface area (Å²) >= 11 is 0. The van der Waals surface area contributed by atoms with Crippen molar-refractivity contribution in [1.29, 1.82) is 0 Å². The van der Waals surface area contributed by atoms with Crippen LogP contribution in [0.5, 0.6) is 0 Å². The Morgan fingerprint density at radius 1 is 1.43 bits per heavy atom. The minimum atomic E-state index is -0.403. The second-order valence-electron chi connectivity index (χ2n) is 3.63. The maximum atomic E-state index is 10.4. The van der Waals surface area contributed by atoms with Crippen LogP contribution in [0.4, 0.5) is 5.69 Å². The lowest BCUT2D eigenvalue weighted by Crippen LogP contribution is -1.90. The number of hydrogen-bond donors (Lipinski definition) is 1. The first-order chi connectivity index (χ1) is 6.72. The SMILES string of the molecule is O=[N+]([O-])c1ccc([C@H]2C[C@@H]2CO)cc1. The fourth-order valence-corrected chi connectivity index (χ4v) is 1.70. The molecule has 4 heteroatoms. The molecule has 74 valence electrons. The van der Waals surface area contributed by atoms with E-state index in [-0.39, 0.29) is 12.3 Å². The van der Waals surface area contributed by atoms with Crippen molar-refractivity contribution in [3.8, 4) is 0 Å². The highest BCUT2D eigenvalue weighted by Crippen LogP contribution is 2.47. The molecule has 0 unspecified atom stereocenters. The summed E-state index contributed by atoms with van der Waals surface area (Å²) in [6.45, 7) is 0.210. The molecule has 2 atom stereocenters. The van der Waals surface area contributed by atoms with Crippen LogP contribution in [-0.4, -0.2) is 16.6 Å². The fraction of sp³-hybridized carbons (Fsp3) is 0.400. The third kappa shape index (κ3) is 1.61. The Balaban J connectivity index is 2.11. The average Bonchev–Trinajstić information content (AvgIpc) is 2.97. The summed E-state index contributed by atoms with van der Waals surface area (Å²) in [6, 6.07) is 6.58. The minimum Gasteiger partial charge on any atom is -0.396 e. The predicted octanol–water partition coefficient (Wildman–Crippen LogP) is 1.69. The van der Waals surface area contributed by atoms with Crippen molar-refractivity contribution in [1.82, 2.24) is 0 Å². The van der Waals surface area contributed by atoms with Crippen LogP contribution in [0, 0.1) is 16.0 Å². The zero-order valence-electron chi connectivity index (χ0n) is 7.59. The largest absolute Gasteiger partial charge is 0.396 e. The molecule has 1 aromatic rings. The third-order valence-electron chi connectivity index (χ3n) is 2.69. The van der Waals surface area contributed by atoms with E-state index in [1.807, 2.05) is 0 Å². The maximum absolute atomic E-state index is 10.4. The third-order valence-corrected chi connectivity index (χ3v) is 2.69. The second-order valence-corrected chi connectivity index (χ2v) is 3.63. The number of aliphatic hydroxyl groups excluding tert-OH is 1. The van der Waals surface area contributed by atoms with Crippen LogP contribution in [0.3, 0.4) is 0 Å². The summed E-state index contributed by atoms with van der Waals surface area (Å²) in [4.78, 5) is 9.98. The molecule has 0 saturated heterocycles. The highest BCUT2D eigenvalue weighted by molar-refractivity contribution is 5.36. The van der Waals surface area contributed by atoms with E-state index in [0.29, 0.717) is 11.8 Å². The first-order valence-electron chi connectivity index (χ1n) is 4.57. The van der Waals surface area contributed by atoms with Gasteiger partial charge >= 0.3 is 0 Å². The van der Waals surface area contributed by atoms with Gasteiger partial charge in [0.15, 0.2) is 0 Å². The van der Waals surface area contributed by atoms with Crippen molar-refractivity contribution in [3.05, 3.63) is 39.9 Å². The molecule has 0 aromatic heterocycles. The van der Waals surface area contributed by atoms with Crippen LogP contribution < -0.4 is 0 Å². The number of nitro benzene ring substituents is 1. The first-order valence-corrected chi connectivity index (χ1v) is 4.57. The van der Waals surface area contributed by atoms with Gasteiger partial charge in [0.2, 0.25) is 0 Å². The second kappa shape index (κ2) is 3.38. The molecule has 0 amide bonds. The summed E-state index contributed by atoms with van der Waals surface area (Å²) in [5.74, 6) is 0.761. The van der Waals surface area contributed by atoms with Gasteiger partial charge in [-0.2, -0.15) is 0 Å². The molecule has 1 N–H and O–H groups in total. The number of aliphatic hydroxyl groups is 1. The molecule has 0 bridgehead atoms. The number of benzene rings is 1. The van der Waals surface area contributed by atoms with E-state index >= 15 is 0 Å². The summed E-state index contributed by atoms with van der Waals surface area (Å²) in [5, 5.41) is 19.3. The lowest BCUT2D eigenvalue weighted by atomic mass is 10.1. The van der Waals surface area contributed by atoms with E-state index in [1.54, 1.807) is 12.1 Å². The summed E-state index contributed by atoms with van der Waals surface area (Å²) in [5.41, 5.74) is 1.21. The van der Waals surface area contributed by atoms with Gasteiger partial charge in [-0.05, 0) is 23.8 Å².